The zero-order valence-corrected chi connectivity index (χ0v) is 13.3. The van der Waals surface area contributed by atoms with E-state index in [2.05, 4.69) is 25.8 Å². The zero-order chi connectivity index (χ0) is 15.8. The summed E-state index contributed by atoms with van der Waals surface area (Å²) in [6.45, 7) is 7.02. The molecule has 1 aromatic rings. The molecule has 0 spiro atoms. The third kappa shape index (κ3) is 5.01. The van der Waals surface area contributed by atoms with Crippen molar-refractivity contribution in [3.05, 3.63) is 11.7 Å². The average Bonchev–Trinajstić information content (AvgIpc) is 3.16. The van der Waals surface area contributed by atoms with Crippen LogP contribution in [0, 0.1) is 6.92 Å². The molecule has 2 rings (SSSR count). The number of rotatable bonds is 6. The second-order valence-corrected chi connectivity index (χ2v) is 5.20. The first-order valence-corrected chi connectivity index (χ1v) is 7.78. The Hall–Kier alpha value is -2.12. The molecule has 0 aliphatic carbocycles. The van der Waals surface area contributed by atoms with E-state index >= 15 is 0 Å². The molecular weight excluding hydrogens is 284 g/mol. The van der Waals surface area contributed by atoms with Gasteiger partial charge in [-0.3, -0.25) is 4.79 Å². The highest BCUT2D eigenvalue weighted by atomic mass is 16.5. The van der Waals surface area contributed by atoms with Crippen LogP contribution < -0.4 is 10.6 Å². The highest BCUT2D eigenvalue weighted by molar-refractivity contribution is 5.85. The van der Waals surface area contributed by atoms with Crippen molar-refractivity contribution in [2.45, 2.75) is 33.1 Å². The summed E-state index contributed by atoms with van der Waals surface area (Å²) in [7, 11) is 0. The van der Waals surface area contributed by atoms with Gasteiger partial charge in [-0.1, -0.05) is 5.16 Å². The van der Waals surface area contributed by atoms with E-state index < -0.39 is 0 Å². The number of aromatic nitrogens is 2. The highest BCUT2D eigenvalue weighted by Gasteiger charge is 2.17. The first-order valence-electron chi connectivity index (χ1n) is 7.78. The van der Waals surface area contributed by atoms with E-state index in [1.54, 1.807) is 6.92 Å². The van der Waals surface area contributed by atoms with Gasteiger partial charge in [0, 0.05) is 32.6 Å². The molecule has 0 radical (unpaired) electrons. The minimum atomic E-state index is 0.0854. The smallest absolute Gasteiger partial charge is 0.244 e. The molecule has 122 valence electrons. The minimum absolute atomic E-state index is 0.0854. The van der Waals surface area contributed by atoms with Gasteiger partial charge >= 0.3 is 0 Å². The number of nitrogens with one attached hydrogen (secondary N) is 2. The number of nitrogens with zero attached hydrogens (tertiary/aromatic N) is 4. The van der Waals surface area contributed by atoms with Gasteiger partial charge in [0.2, 0.25) is 11.8 Å². The van der Waals surface area contributed by atoms with Gasteiger partial charge in [-0.25, -0.2) is 4.99 Å². The molecule has 1 saturated heterocycles. The minimum Gasteiger partial charge on any atom is -0.357 e. The monoisotopic (exact) mass is 308 g/mol. The van der Waals surface area contributed by atoms with Crippen LogP contribution in [-0.4, -0.2) is 59.6 Å². The van der Waals surface area contributed by atoms with Crippen molar-refractivity contribution in [2.75, 3.05) is 32.7 Å². The van der Waals surface area contributed by atoms with Gasteiger partial charge in [0.15, 0.2) is 11.8 Å². The number of aryl methyl sites for hydroxylation is 1. The van der Waals surface area contributed by atoms with Crippen molar-refractivity contribution < 1.29 is 9.32 Å². The van der Waals surface area contributed by atoms with E-state index in [-0.39, 0.29) is 12.5 Å². The number of amides is 1. The Labute approximate surface area is 130 Å². The molecule has 0 aromatic carbocycles. The molecule has 1 fully saturated rings. The predicted octanol–water partition coefficient (Wildman–Crippen LogP) is 0.0980. The summed E-state index contributed by atoms with van der Waals surface area (Å²) in [6, 6.07) is 0. The van der Waals surface area contributed by atoms with Crippen LogP contribution in [0.2, 0.25) is 0 Å². The van der Waals surface area contributed by atoms with Crippen LogP contribution in [0.4, 0.5) is 0 Å². The lowest BCUT2D eigenvalue weighted by Gasteiger charge is -2.15. The second-order valence-electron chi connectivity index (χ2n) is 5.20. The Morgan fingerprint density at radius 2 is 2.14 bits per heavy atom. The first kappa shape index (κ1) is 16.3. The summed E-state index contributed by atoms with van der Waals surface area (Å²) in [6.07, 6.45) is 2.81. The van der Waals surface area contributed by atoms with Gasteiger partial charge < -0.3 is 20.1 Å². The van der Waals surface area contributed by atoms with Crippen LogP contribution in [-0.2, 0) is 11.2 Å². The molecule has 8 heteroatoms. The first-order chi connectivity index (χ1) is 10.7. The summed E-state index contributed by atoms with van der Waals surface area (Å²) < 4.78 is 5.05. The average molecular weight is 308 g/mol. The van der Waals surface area contributed by atoms with Crippen molar-refractivity contribution >= 4 is 11.9 Å². The molecule has 1 aliphatic rings. The summed E-state index contributed by atoms with van der Waals surface area (Å²) in [5.41, 5.74) is 0. The van der Waals surface area contributed by atoms with E-state index in [0.717, 1.165) is 32.5 Å². The Morgan fingerprint density at radius 1 is 1.36 bits per heavy atom. The summed E-state index contributed by atoms with van der Waals surface area (Å²) in [5, 5.41) is 10.0. The quantitative estimate of drug-likeness (QED) is 0.571. The van der Waals surface area contributed by atoms with Crippen molar-refractivity contribution in [1.29, 1.82) is 0 Å². The van der Waals surface area contributed by atoms with Crippen molar-refractivity contribution in [3.8, 4) is 0 Å². The van der Waals surface area contributed by atoms with E-state index in [4.69, 9.17) is 4.52 Å². The maximum absolute atomic E-state index is 12.0. The fourth-order valence-corrected chi connectivity index (χ4v) is 2.28. The number of hydrogen-bond acceptors (Lipinski definition) is 5. The van der Waals surface area contributed by atoms with Crippen LogP contribution >= 0.6 is 0 Å². The molecule has 0 saturated carbocycles. The third-order valence-corrected chi connectivity index (χ3v) is 3.38. The lowest BCUT2D eigenvalue weighted by molar-refractivity contribution is -0.128. The standard InChI is InChI=1S/C14H24N6O2/c1-3-15-14(16-7-6-12-18-11(2)19-22-12)17-10-13(21)20-8-4-5-9-20/h3-10H2,1-2H3,(H2,15,16,17). The maximum Gasteiger partial charge on any atom is 0.244 e. The fourth-order valence-electron chi connectivity index (χ4n) is 2.28. The number of aliphatic imine (C=N–C) groups is 1. The number of carbonyl (C=O) groups is 1. The molecule has 8 nitrogen and oxygen atoms in total. The van der Waals surface area contributed by atoms with Crippen LogP contribution in [0.15, 0.2) is 9.52 Å². The van der Waals surface area contributed by atoms with Crippen LogP contribution in [0.25, 0.3) is 0 Å². The lowest BCUT2D eigenvalue weighted by atomic mass is 10.4. The van der Waals surface area contributed by atoms with Gasteiger partial charge in [-0.15, -0.1) is 0 Å². The second kappa shape index (κ2) is 8.35. The molecule has 2 N–H and O–H groups in total. The van der Waals surface area contributed by atoms with E-state index in [0.29, 0.717) is 30.6 Å². The lowest BCUT2D eigenvalue weighted by Crippen LogP contribution is -2.39. The molecule has 0 atom stereocenters. The van der Waals surface area contributed by atoms with Gasteiger partial charge in [0.1, 0.15) is 6.54 Å². The molecule has 1 aromatic heterocycles. The molecule has 0 unspecified atom stereocenters. The number of hydrogen-bond donors (Lipinski definition) is 2. The highest BCUT2D eigenvalue weighted by Crippen LogP contribution is 2.07. The zero-order valence-electron chi connectivity index (χ0n) is 13.3. The molecule has 0 bridgehead atoms. The third-order valence-electron chi connectivity index (χ3n) is 3.38. The normalized spacial score (nSPS) is 15.2. The van der Waals surface area contributed by atoms with Crippen molar-refractivity contribution in [3.63, 3.8) is 0 Å². The molecular formula is C14H24N6O2. The van der Waals surface area contributed by atoms with Crippen molar-refractivity contribution in [1.82, 2.24) is 25.7 Å². The van der Waals surface area contributed by atoms with Crippen LogP contribution in [0.3, 0.4) is 0 Å². The number of carbonyl (C=O) groups excluding carboxylic acids is 1. The van der Waals surface area contributed by atoms with Gasteiger partial charge in [-0.2, -0.15) is 4.98 Å². The largest absolute Gasteiger partial charge is 0.357 e. The SMILES string of the molecule is CCNC(=NCC(=O)N1CCCC1)NCCc1nc(C)no1. The van der Waals surface area contributed by atoms with E-state index in [9.17, 15) is 4.79 Å². The Morgan fingerprint density at radius 3 is 2.77 bits per heavy atom. The summed E-state index contributed by atoms with van der Waals surface area (Å²) >= 11 is 0. The summed E-state index contributed by atoms with van der Waals surface area (Å²) in [5.74, 6) is 1.94. The summed E-state index contributed by atoms with van der Waals surface area (Å²) in [4.78, 5) is 22.3. The van der Waals surface area contributed by atoms with Crippen molar-refractivity contribution in [2.24, 2.45) is 4.99 Å². The van der Waals surface area contributed by atoms with E-state index in [1.807, 2.05) is 11.8 Å². The number of guanidine groups is 1. The predicted molar refractivity (Wildman–Crippen MR) is 82.5 cm³/mol. The number of likely N-dealkylation sites (tertiary alicyclic amines) is 1. The Kier molecular flexibility index (Phi) is 6.17. The topological polar surface area (TPSA) is 95.7 Å². The Bertz CT molecular complexity index is 507. The Balaban J connectivity index is 1.77. The molecule has 1 aliphatic heterocycles. The maximum atomic E-state index is 12.0. The van der Waals surface area contributed by atoms with Gasteiger partial charge in [-0.05, 0) is 26.7 Å². The van der Waals surface area contributed by atoms with Crippen LogP contribution in [0.1, 0.15) is 31.5 Å². The molecule has 22 heavy (non-hydrogen) atoms. The van der Waals surface area contributed by atoms with Crippen LogP contribution in [0.5, 0.6) is 0 Å². The van der Waals surface area contributed by atoms with E-state index in [1.165, 1.54) is 0 Å². The van der Waals surface area contributed by atoms with Gasteiger partial charge in [0.25, 0.3) is 0 Å². The molecule has 2 heterocycles. The molecule has 1 amide bonds. The van der Waals surface area contributed by atoms with Gasteiger partial charge in [0.05, 0.1) is 0 Å². The fraction of sp³-hybridized carbons (Fsp3) is 0.714.